The summed E-state index contributed by atoms with van der Waals surface area (Å²) in [6.07, 6.45) is 1.73. The van der Waals surface area contributed by atoms with Gasteiger partial charge in [-0.15, -0.1) is 0 Å². The first kappa shape index (κ1) is 16.5. The van der Waals surface area contributed by atoms with Gasteiger partial charge in [-0.05, 0) is 13.0 Å². The van der Waals surface area contributed by atoms with E-state index in [-0.39, 0.29) is 24.6 Å². The van der Waals surface area contributed by atoms with E-state index in [0.29, 0.717) is 25.0 Å². The van der Waals surface area contributed by atoms with Crippen molar-refractivity contribution in [2.45, 2.75) is 33.1 Å². The molecule has 0 saturated carbocycles. The Balaban J connectivity index is 1.57. The Bertz CT molecular complexity index is 1050. The van der Waals surface area contributed by atoms with Gasteiger partial charge in [0, 0.05) is 17.5 Å². The van der Waals surface area contributed by atoms with Crippen LogP contribution in [-0.4, -0.2) is 42.1 Å². The second kappa shape index (κ2) is 6.38. The van der Waals surface area contributed by atoms with Gasteiger partial charge in [0.1, 0.15) is 6.54 Å². The van der Waals surface area contributed by atoms with Crippen molar-refractivity contribution in [2.24, 2.45) is 0 Å². The summed E-state index contributed by atoms with van der Waals surface area (Å²) in [4.78, 5) is 27.0. The molecule has 3 aromatic rings. The molecular weight excluding hydrogens is 334 g/mol. The molecule has 1 amide bonds. The van der Waals surface area contributed by atoms with Crippen molar-refractivity contribution >= 4 is 16.7 Å². The number of fused-ring (bicyclic) bond motifs is 2. The van der Waals surface area contributed by atoms with Crippen LogP contribution in [0.2, 0.25) is 0 Å². The summed E-state index contributed by atoms with van der Waals surface area (Å²) >= 11 is 0. The van der Waals surface area contributed by atoms with Crippen LogP contribution in [0.1, 0.15) is 17.0 Å². The van der Waals surface area contributed by atoms with Gasteiger partial charge < -0.3 is 10.0 Å². The lowest BCUT2D eigenvalue weighted by molar-refractivity contribution is -0.132. The Morgan fingerprint density at radius 3 is 2.73 bits per heavy atom. The maximum atomic E-state index is 12.7. The van der Waals surface area contributed by atoms with E-state index < -0.39 is 0 Å². The first-order valence-electron chi connectivity index (χ1n) is 8.47. The molecule has 0 unspecified atom stereocenters. The molecule has 1 aliphatic heterocycles. The summed E-state index contributed by atoms with van der Waals surface area (Å²) in [6.45, 7) is 3.02. The molecule has 0 aliphatic carbocycles. The third kappa shape index (κ3) is 2.68. The summed E-state index contributed by atoms with van der Waals surface area (Å²) in [5.41, 5.74) is 2.36. The fourth-order valence-corrected chi connectivity index (χ4v) is 3.41. The number of amides is 1. The normalized spacial score (nSPS) is 13.4. The maximum absolute atomic E-state index is 12.7. The molecule has 0 atom stereocenters. The van der Waals surface area contributed by atoms with Crippen molar-refractivity contribution in [2.75, 3.05) is 6.61 Å². The monoisotopic (exact) mass is 353 g/mol. The zero-order chi connectivity index (χ0) is 18.3. The molecule has 1 aromatic carbocycles. The molecule has 8 nitrogen and oxygen atoms in total. The highest BCUT2D eigenvalue weighted by atomic mass is 16.3. The number of aryl methyl sites for hydroxylation is 1. The van der Waals surface area contributed by atoms with E-state index in [1.807, 2.05) is 19.1 Å². The average molecular weight is 353 g/mol. The molecule has 134 valence electrons. The van der Waals surface area contributed by atoms with E-state index >= 15 is 0 Å². The fourth-order valence-electron chi connectivity index (χ4n) is 3.41. The van der Waals surface area contributed by atoms with Crippen molar-refractivity contribution < 1.29 is 9.90 Å². The van der Waals surface area contributed by atoms with Crippen LogP contribution in [0.15, 0.2) is 35.3 Å². The van der Waals surface area contributed by atoms with E-state index in [4.69, 9.17) is 5.11 Å². The van der Waals surface area contributed by atoms with Crippen LogP contribution in [0.4, 0.5) is 0 Å². The minimum atomic E-state index is -0.261. The predicted octanol–water partition coefficient (Wildman–Crippen LogP) is 0.436. The van der Waals surface area contributed by atoms with Crippen LogP contribution in [-0.2, 0) is 31.0 Å². The predicted molar refractivity (Wildman–Crippen MR) is 94.3 cm³/mol. The topological polar surface area (TPSA) is 93.2 Å². The molecule has 0 radical (unpaired) electrons. The van der Waals surface area contributed by atoms with Crippen LogP contribution >= 0.6 is 0 Å². The number of nitrogens with zero attached hydrogens (tertiary/aromatic N) is 5. The van der Waals surface area contributed by atoms with E-state index in [1.165, 1.54) is 4.68 Å². The van der Waals surface area contributed by atoms with E-state index in [2.05, 4.69) is 10.2 Å². The number of aliphatic hydroxyl groups excluding tert-OH is 1. The van der Waals surface area contributed by atoms with Gasteiger partial charge in [-0.1, -0.05) is 18.2 Å². The van der Waals surface area contributed by atoms with Crippen LogP contribution < -0.4 is 5.56 Å². The Labute approximate surface area is 149 Å². The highest BCUT2D eigenvalue weighted by Gasteiger charge is 2.27. The molecule has 0 bridgehead atoms. The number of rotatable bonds is 4. The Hall–Kier alpha value is -3.00. The summed E-state index contributed by atoms with van der Waals surface area (Å²) in [5, 5.41) is 19.0. The Kier molecular flexibility index (Phi) is 4.04. The molecular formula is C18H19N5O3. The van der Waals surface area contributed by atoms with Gasteiger partial charge in [-0.2, -0.15) is 10.2 Å². The maximum Gasteiger partial charge on any atom is 0.275 e. The lowest BCUT2D eigenvalue weighted by Gasteiger charge is -2.17. The molecule has 2 aromatic heterocycles. The van der Waals surface area contributed by atoms with E-state index in [9.17, 15) is 9.59 Å². The van der Waals surface area contributed by atoms with Gasteiger partial charge in [0.15, 0.2) is 0 Å². The molecule has 26 heavy (non-hydrogen) atoms. The van der Waals surface area contributed by atoms with Gasteiger partial charge in [-0.3, -0.25) is 14.3 Å². The molecule has 0 fully saturated rings. The number of carbonyl (C=O) groups excluding carboxylic acids is 1. The largest absolute Gasteiger partial charge is 0.394 e. The van der Waals surface area contributed by atoms with Crippen LogP contribution in [0.3, 0.4) is 0 Å². The average Bonchev–Trinajstić information content (AvgIpc) is 3.22. The van der Waals surface area contributed by atoms with Gasteiger partial charge >= 0.3 is 0 Å². The van der Waals surface area contributed by atoms with Gasteiger partial charge in [0.05, 0.1) is 42.7 Å². The van der Waals surface area contributed by atoms with E-state index in [1.54, 1.807) is 27.9 Å². The first-order chi connectivity index (χ1) is 12.6. The molecule has 4 rings (SSSR count). The number of benzene rings is 1. The number of hydrogen-bond donors (Lipinski definition) is 1. The van der Waals surface area contributed by atoms with Gasteiger partial charge in [0.2, 0.25) is 5.91 Å². The molecule has 1 N–H and O–H groups in total. The summed E-state index contributed by atoms with van der Waals surface area (Å²) in [5.74, 6) is -0.166. The van der Waals surface area contributed by atoms with Gasteiger partial charge in [-0.25, -0.2) is 4.68 Å². The van der Waals surface area contributed by atoms with Gasteiger partial charge in [0.25, 0.3) is 5.56 Å². The highest BCUT2D eigenvalue weighted by molar-refractivity contribution is 5.83. The Morgan fingerprint density at radius 1 is 1.19 bits per heavy atom. The molecule has 1 aliphatic rings. The third-order valence-corrected chi connectivity index (χ3v) is 4.74. The lowest BCUT2D eigenvalue weighted by Crippen LogP contribution is -2.35. The highest BCUT2D eigenvalue weighted by Crippen LogP contribution is 2.22. The van der Waals surface area contributed by atoms with Crippen LogP contribution in [0, 0.1) is 6.92 Å². The fraction of sp³-hybridized carbons (Fsp3) is 0.333. The zero-order valence-corrected chi connectivity index (χ0v) is 14.4. The van der Waals surface area contributed by atoms with Crippen molar-refractivity contribution in [3.63, 3.8) is 0 Å². The summed E-state index contributed by atoms with van der Waals surface area (Å²) in [7, 11) is 0. The molecule has 0 saturated heterocycles. The van der Waals surface area contributed by atoms with Crippen molar-refractivity contribution in [1.29, 1.82) is 0 Å². The number of aromatic nitrogens is 4. The summed E-state index contributed by atoms with van der Waals surface area (Å²) in [6, 6.07) is 7.28. The molecule has 3 heterocycles. The SMILES string of the molecule is Cc1nn(CC(=O)N2Cc3cnn(CCO)c3C2)c(=O)c2ccccc12. The first-order valence-corrected chi connectivity index (χ1v) is 8.47. The Morgan fingerprint density at radius 2 is 1.96 bits per heavy atom. The number of aliphatic hydroxyl groups is 1. The molecule has 8 heteroatoms. The van der Waals surface area contributed by atoms with Crippen molar-refractivity contribution in [3.8, 4) is 0 Å². The number of hydrogen-bond acceptors (Lipinski definition) is 5. The zero-order valence-electron chi connectivity index (χ0n) is 14.4. The quantitative estimate of drug-likeness (QED) is 0.734. The van der Waals surface area contributed by atoms with Crippen LogP contribution in [0.5, 0.6) is 0 Å². The smallest absolute Gasteiger partial charge is 0.275 e. The van der Waals surface area contributed by atoms with Crippen molar-refractivity contribution in [1.82, 2.24) is 24.5 Å². The van der Waals surface area contributed by atoms with Crippen molar-refractivity contribution in [3.05, 3.63) is 57.8 Å². The second-order valence-corrected chi connectivity index (χ2v) is 6.41. The second-order valence-electron chi connectivity index (χ2n) is 6.41. The third-order valence-electron chi connectivity index (χ3n) is 4.74. The molecule has 0 spiro atoms. The van der Waals surface area contributed by atoms with Crippen LogP contribution in [0.25, 0.3) is 10.8 Å². The minimum absolute atomic E-state index is 0.00224. The minimum Gasteiger partial charge on any atom is -0.394 e. The standard InChI is InChI=1S/C18H19N5O3/c1-12-14-4-2-3-5-15(14)18(26)23(20-12)11-17(25)21-9-13-8-19-22(6-7-24)16(13)10-21/h2-5,8,24H,6-7,9-11H2,1H3. The number of carbonyl (C=O) groups is 1. The van der Waals surface area contributed by atoms with E-state index in [0.717, 1.165) is 22.3 Å². The summed E-state index contributed by atoms with van der Waals surface area (Å²) < 4.78 is 2.95. The lowest BCUT2D eigenvalue weighted by atomic mass is 10.1.